The molecule has 8 heteroatoms. The molecule has 35 heavy (non-hydrogen) atoms. The summed E-state index contributed by atoms with van der Waals surface area (Å²) in [6.07, 6.45) is 12.0. The van der Waals surface area contributed by atoms with Gasteiger partial charge in [-0.1, -0.05) is 12.2 Å². The molecule has 8 nitrogen and oxygen atoms in total. The molecule has 2 saturated carbocycles. The van der Waals surface area contributed by atoms with Gasteiger partial charge in [-0.3, -0.25) is 14.6 Å². The highest BCUT2D eigenvalue weighted by Crippen LogP contribution is 2.69. The fourth-order valence-electron chi connectivity index (χ4n) is 6.36. The number of carbonyl (C=O) groups excluding carboxylic acids is 2. The van der Waals surface area contributed by atoms with Gasteiger partial charge in [0.25, 0.3) is 5.91 Å². The molecule has 3 aliphatic carbocycles. The smallest absolute Gasteiger partial charge is 0.253 e. The Morgan fingerprint density at radius 3 is 2.71 bits per heavy atom. The highest BCUT2D eigenvalue weighted by molar-refractivity contribution is 6.08. The lowest BCUT2D eigenvalue weighted by Crippen LogP contribution is -2.32. The molecule has 180 valence electrons. The van der Waals surface area contributed by atoms with Gasteiger partial charge in [0.15, 0.2) is 0 Å². The summed E-state index contributed by atoms with van der Waals surface area (Å²) in [5.41, 5.74) is 3.77. The molecule has 0 radical (unpaired) electrons. The highest BCUT2D eigenvalue weighted by Gasteiger charge is 2.62. The Morgan fingerprint density at radius 2 is 2.00 bits per heavy atom. The van der Waals surface area contributed by atoms with Crippen LogP contribution in [0.25, 0.3) is 22.4 Å². The highest BCUT2D eigenvalue weighted by atomic mass is 16.5. The van der Waals surface area contributed by atoms with E-state index < -0.39 is 0 Å². The number of imidazole rings is 1. The quantitative estimate of drug-likeness (QED) is 0.514. The fraction of sp³-hybridized carbons (Fsp3) is 0.407. The molecule has 1 spiro atoms. The average Bonchev–Trinajstić information content (AvgIpc) is 3.41. The van der Waals surface area contributed by atoms with E-state index in [-0.39, 0.29) is 18.4 Å². The normalized spacial score (nSPS) is 23.2. The van der Waals surface area contributed by atoms with Crippen molar-refractivity contribution in [2.75, 3.05) is 25.6 Å². The van der Waals surface area contributed by atoms with Gasteiger partial charge >= 0.3 is 0 Å². The first kappa shape index (κ1) is 22.0. The zero-order valence-corrected chi connectivity index (χ0v) is 20.0. The van der Waals surface area contributed by atoms with E-state index in [4.69, 9.17) is 9.72 Å². The lowest BCUT2D eigenvalue weighted by molar-refractivity contribution is -0.119. The minimum atomic E-state index is -0.285. The zero-order valence-electron chi connectivity index (χ0n) is 20.0. The molecular weight excluding hydrogens is 442 g/mol. The van der Waals surface area contributed by atoms with Crippen LogP contribution in [0.2, 0.25) is 0 Å². The van der Waals surface area contributed by atoms with Gasteiger partial charge < -0.3 is 19.9 Å². The number of pyridine rings is 1. The molecule has 2 fully saturated rings. The van der Waals surface area contributed by atoms with Gasteiger partial charge in [-0.05, 0) is 66.7 Å². The minimum absolute atomic E-state index is 0.0659. The number of hydrogen-bond acceptors (Lipinski definition) is 5. The molecule has 3 aromatic rings. The van der Waals surface area contributed by atoms with Crippen LogP contribution in [-0.4, -0.2) is 46.6 Å². The number of nitrogens with one attached hydrogen (secondary N) is 2. The van der Waals surface area contributed by atoms with Gasteiger partial charge in [0.05, 0.1) is 16.6 Å². The number of allylic oxidation sites excluding steroid dienone is 2. The average molecular weight is 472 g/mol. The Labute approximate surface area is 203 Å². The molecule has 1 aromatic carbocycles. The van der Waals surface area contributed by atoms with Crippen molar-refractivity contribution >= 4 is 28.5 Å². The molecule has 0 saturated heterocycles. The third-order valence-corrected chi connectivity index (χ3v) is 8.08. The summed E-state index contributed by atoms with van der Waals surface area (Å²) < 4.78 is 6.87. The summed E-state index contributed by atoms with van der Waals surface area (Å²) >= 11 is 0. The topological polar surface area (TPSA) is 98.1 Å². The number of fused-ring (bicyclic) bond motifs is 1. The van der Waals surface area contributed by atoms with Crippen molar-refractivity contribution in [3.8, 4) is 11.4 Å². The number of aromatic nitrogens is 3. The number of anilines is 1. The van der Waals surface area contributed by atoms with Gasteiger partial charge in [0.2, 0.25) is 5.91 Å². The van der Waals surface area contributed by atoms with E-state index in [0.29, 0.717) is 46.5 Å². The van der Waals surface area contributed by atoms with Crippen LogP contribution in [-0.2, 0) is 16.6 Å². The molecule has 3 atom stereocenters. The van der Waals surface area contributed by atoms with Crippen molar-refractivity contribution in [2.45, 2.75) is 19.3 Å². The number of ether oxygens (including phenoxy) is 1. The van der Waals surface area contributed by atoms with Gasteiger partial charge in [-0.25, -0.2) is 4.98 Å². The number of hydrogen-bond donors (Lipinski definition) is 2. The summed E-state index contributed by atoms with van der Waals surface area (Å²) in [4.78, 5) is 34.6. The van der Waals surface area contributed by atoms with E-state index in [1.54, 1.807) is 24.5 Å². The maximum absolute atomic E-state index is 13.5. The van der Waals surface area contributed by atoms with Gasteiger partial charge in [-0.15, -0.1) is 0 Å². The minimum Gasteiger partial charge on any atom is -0.375 e. The molecular formula is C27H29N5O3. The Balaban J connectivity index is 1.32. The van der Waals surface area contributed by atoms with E-state index >= 15 is 0 Å². The van der Waals surface area contributed by atoms with Crippen LogP contribution in [0.5, 0.6) is 0 Å². The largest absolute Gasteiger partial charge is 0.375 e. The van der Waals surface area contributed by atoms with Gasteiger partial charge in [-0.2, -0.15) is 0 Å². The van der Waals surface area contributed by atoms with Gasteiger partial charge in [0, 0.05) is 44.3 Å². The summed E-state index contributed by atoms with van der Waals surface area (Å²) in [5.74, 6) is 2.04. The van der Waals surface area contributed by atoms with Gasteiger partial charge in [0.1, 0.15) is 12.4 Å². The van der Waals surface area contributed by atoms with E-state index in [0.717, 1.165) is 23.3 Å². The molecule has 0 unspecified atom stereocenters. The van der Waals surface area contributed by atoms with Crippen LogP contribution >= 0.6 is 0 Å². The number of nitrogens with zero attached hydrogens (tertiary/aromatic N) is 3. The molecule has 2 heterocycles. The second kappa shape index (κ2) is 8.30. The Bertz CT molecular complexity index is 1340. The maximum atomic E-state index is 13.5. The molecule has 2 aromatic heterocycles. The second-order valence-corrected chi connectivity index (χ2v) is 10.1. The Hall–Kier alpha value is -3.52. The van der Waals surface area contributed by atoms with E-state index in [2.05, 4.69) is 27.8 Å². The predicted molar refractivity (Wildman–Crippen MR) is 133 cm³/mol. The van der Waals surface area contributed by atoms with Crippen molar-refractivity contribution in [1.29, 1.82) is 0 Å². The third-order valence-electron chi connectivity index (χ3n) is 8.08. The first-order valence-electron chi connectivity index (χ1n) is 12.2. The standard InChI is InChI=1S/C27H29N5O3/c1-32-24-20(26(34)29-14-17-11-18-3-4-21(17)27(18)7-8-27)12-19(30-23(33)15-35-2)13-22(24)31-25(32)16-5-9-28-10-6-16/h3-6,9-10,12-13,17-18,21H,7-8,11,14-15H2,1-2H3,(H,29,34)(H,30,33)/t17-,18+,21+/m1/s1. The van der Waals surface area contributed by atoms with Crippen LogP contribution in [0, 0.1) is 23.2 Å². The number of methoxy groups -OCH3 is 1. The summed E-state index contributed by atoms with van der Waals surface area (Å²) in [6.45, 7) is 0.590. The van der Waals surface area contributed by atoms with E-state index in [1.807, 2.05) is 23.7 Å². The van der Waals surface area contributed by atoms with E-state index in [9.17, 15) is 9.59 Å². The van der Waals surface area contributed by atoms with Crippen molar-refractivity contribution in [3.63, 3.8) is 0 Å². The fourth-order valence-corrected chi connectivity index (χ4v) is 6.36. The number of aryl methyl sites for hydroxylation is 1. The second-order valence-electron chi connectivity index (χ2n) is 10.1. The van der Waals surface area contributed by atoms with Crippen molar-refractivity contribution in [2.24, 2.45) is 30.2 Å². The maximum Gasteiger partial charge on any atom is 0.253 e. The van der Waals surface area contributed by atoms with Crippen molar-refractivity contribution in [1.82, 2.24) is 19.9 Å². The van der Waals surface area contributed by atoms with Crippen LogP contribution in [0.3, 0.4) is 0 Å². The lowest BCUT2D eigenvalue weighted by Gasteiger charge is -2.20. The lowest BCUT2D eigenvalue weighted by atomic mass is 9.89. The molecule has 3 aliphatic rings. The van der Waals surface area contributed by atoms with Crippen molar-refractivity contribution in [3.05, 3.63) is 54.4 Å². The number of rotatable bonds is 7. The summed E-state index contributed by atoms with van der Waals surface area (Å²) in [6, 6.07) is 7.30. The molecule has 2 bridgehead atoms. The first-order valence-corrected chi connectivity index (χ1v) is 12.2. The number of amides is 2. The molecule has 2 N–H and O–H groups in total. The Morgan fingerprint density at radius 1 is 1.20 bits per heavy atom. The molecule has 6 rings (SSSR count). The van der Waals surface area contributed by atoms with Crippen LogP contribution in [0.1, 0.15) is 29.6 Å². The van der Waals surface area contributed by atoms with E-state index in [1.165, 1.54) is 20.0 Å². The van der Waals surface area contributed by atoms with Crippen LogP contribution < -0.4 is 10.6 Å². The Kier molecular flexibility index (Phi) is 5.21. The van der Waals surface area contributed by atoms with Crippen LogP contribution in [0.15, 0.2) is 48.8 Å². The first-order chi connectivity index (χ1) is 17.0. The number of carbonyl (C=O) groups is 2. The zero-order chi connectivity index (χ0) is 24.2. The van der Waals surface area contributed by atoms with Crippen molar-refractivity contribution < 1.29 is 14.3 Å². The third kappa shape index (κ3) is 3.63. The summed E-state index contributed by atoms with van der Waals surface area (Å²) in [5, 5.41) is 6.03. The SMILES string of the molecule is COCC(=O)Nc1cc(C(=O)NC[C@H]2C[C@@H]3C=C[C@@H]2C32CC2)c2c(c1)nc(-c1ccncc1)n2C. The van der Waals surface area contributed by atoms with Crippen LogP contribution in [0.4, 0.5) is 5.69 Å². The molecule has 0 aliphatic heterocycles. The monoisotopic (exact) mass is 471 g/mol. The number of benzene rings is 1. The molecule has 2 amide bonds. The predicted octanol–water partition coefficient (Wildman–Crippen LogP) is 3.55. The summed E-state index contributed by atoms with van der Waals surface area (Å²) in [7, 11) is 3.38.